The molecule has 2 N–H and O–H groups in total. The number of aromatic amines is 1. The molecule has 0 aliphatic rings. The Bertz CT molecular complexity index is 1490. The summed E-state index contributed by atoms with van der Waals surface area (Å²) >= 11 is 1.34. The summed E-state index contributed by atoms with van der Waals surface area (Å²) in [4.78, 5) is 10.1. The van der Waals surface area contributed by atoms with Gasteiger partial charge in [-0.25, -0.2) is 4.98 Å². The van der Waals surface area contributed by atoms with Gasteiger partial charge in [0.2, 0.25) is 0 Å². The van der Waals surface area contributed by atoms with Crippen molar-refractivity contribution in [3.8, 4) is 0 Å². The minimum absolute atomic E-state index is 0.143. The van der Waals surface area contributed by atoms with Crippen molar-refractivity contribution in [3.63, 3.8) is 0 Å². The zero-order chi connectivity index (χ0) is 21.3. The first-order valence-corrected chi connectivity index (χ1v) is 11.6. The monoisotopic (exact) mass is 448 g/mol. The quantitative estimate of drug-likeness (QED) is 0.288. The predicted octanol–water partition coefficient (Wildman–Crippen LogP) is 4.77. The maximum Gasteiger partial charge on any atom is 0.276 e. The number of hydrogen-bond donors (Lipinski definition) is 2. The normalized spacial score (nSPS) is 12.1. The van der Waals surface area contributed by atoms with Crippen LogP contribution in [-0.4, -0.2) is 24.6 Å². The summed E-state index contributed by atoms with van der Waals surface area (Å²) in [6.45, 7) is 0. The minimum atomic E-state index is -3.79. The van der Waals surface area contributed by atoms with Gasteiger partial charge in [-0.3, -0.25) is 0 Å². The van der Waals surface area contributed by atoms with E-state index in [1.54, 1.807) is 30.3 Å². The van der Waals surface area contributed by atoms with E-state index >= 15 is 0 Å². The van der Waals surface area contributed by atoms with Gasteiger partial charge in [0.15, 0.2) is 10.2 Å². The van der Waals surface area contributed by atoms with Crippen LogP contribution in [0.5, 0.6) is 0 Å². The lowest BCUT2D eigenvalue weighted by Crippen LogP contribution is -2.18. The number of sulfonamides is 1. The van der Waals surface area contributed by atoms with Gasteiger partial charge in [0.1, 0.15) is 5.76 Å². The highest BCUT2D eigenvalue weighted by Gasteiger charge is 2.13. The maximum atomic E-state index is 12.5. The zero-order valence-corrected chi connectivity index (χ0v) is 17.7. The number of rotatable bonds is 6. The molecule has 154 valence electrons. The van der Waals surface area contributed by atoms with E-state index in [2.05, 4.69) is 19.9 Å². The van der Waals surface area contributed by atoms with E-state index in [9.17, 15) is 8.42 Å². The lowest BCUT2D eigenvalue weighted by atomic mass is 10.1. The number of benzene rings is 3. The lowest BCUT2D eigenvalue weighted by molar-refractivity contribution is 0.468. The van der Waals surface area contributed by atoms with Gasteiger partial charge in [-0.2, -0.15) is 18.4 Å². The molecule has 0 unspecified atom stereocenters. The molecule has 0 amide bonds. The average Bonchev–Trinajstić information content (AvgIpc) is 3.39. The molecule has 0 bridgehead atoms. The van der Waals surface area contributed by atoms with Crippen molar-refractivity contribution in [3.05, 3.63) is 84.6 Å². The summed E-state index contributed by atoms with van der Waals surface area (Å²) in [5.74, 6) is 0.417. The topological polar surface area (TPSA) is 100 Å². The van der Waals surface area contributed by atoms with Crippen LogP contribution in [0, 0.1) is 0 Å². The van der Waals surface area contributed by atoms with E-state index in [-0.39, 0.29) is 4.90 Å². The van der Waals surface area contributed by atoms with E-state index in [0.29, 0.717) is 16.0 Å². The van der Waals surface area contributed by atoms with Gasteiger partial charge in [0, 0.05) is 0 Å². The molecule has 31 heavy (non-hydrogen) atoms. The molecule has 9 heteroatoms. The standard InChI is InChI=1S/C22H16N4O3S2/c27-31(28,18-11-9-15-5-1-2-6-16(15)13-18)26-23-14-17-10-12-21(29-17)30-22-24-19-7-3-4-8-20(19)25-22/h1-14,26H,(H,24,25)/b23-14+. The smallest absolute Gasteiger partial charge is 0.276 e. The third-order valence-corrected chi connectivity index (χ3v) is 6.59. The molecule has 0 saturated heterocycles. The van der Waals surface area contributed by atoms with Crippen LogP contribution in [0.25, 0.3) is 21.8 Å². The van der Waals surface area contributed by atoms with Crippen molar-refractivity contribution in [2.24, 2.45) is 5.10 Å². The SMILES string of the molecule is O=S(=O)(N/N=C/c1ccc(Sc2nc3ccccc3[nH]2)o1)c1ccc2ccccc2c1. The highest BCUT2D eigenvalue weighted by atomic mass is 32.2. The first-order valence-electron chi connectivity index (χ1n) is 9.33. The van der Waals surface area contributed by atoms with Crippen LogP contribution in [0.2, 0.25) is 0 Å². The van der Waals surface area contributed by atoms with Crippen LogP contribution < -0.4 is 4.83 Å². The first-order chi connectivity index (χ1) is 15.1. The van der Waals surface area contributed by atoms with Crippen LogP contribution in [0.1, 0.15) is 5.76 Å². The molecule has 2 aromatic heterocycles. The van der Waals surface area contributed by atoms with Crippen molar-refractivity contribution in [1.82, 2.24) is 14.8 Å². The van der Waals surface area contributed by atoms with E-state index in [4.69, 9.17) is 4.42 Å². The largest absolute Gasteiger partial charge is 0.448 e. The molecule has 7 nitrogen and oxygen atoms in total. The summed E-state index contributed by atoms with van der Waals surface area (Å²) in [7, 11) is -3.79. The number of para-hydroxylation sites is 2. The van der Waals surface area contributed by atoms with Gasteiger partial charge in [-0.15, -0.1) is 0 Å². The molecule has 0 fully saturated rings. The number of H-pyrrole nitrogens is 1. The van der Waals surface area contributed by atoms with Crippen molar-refractivity contribution >= 4 is 49.8 Å². The molecule has 3 aromatic carbocycles. The van der Waals surface area contributed by atoms with Crippen LogP contribution in [-0.2, 0) is 10.0 Å². The summed E-state index contributed by atoms with van der Waals surface area (Å²) in [6.07, 6.45) is 1.32. The molecule has 0 aliphatic carbocycles. The average molecular weight is 449 g/mol. The number of furan rings is 1. The van der Waals surface area contributed by atoms with Gasteiger partial charge in [0.25, 0.3) is 10.0 Å². The van der Waals surface area contributed by atoms with Crippen LogP contribution in [0.15, 0.2) is 104 Å². The van der Waals surface area contributed by atoms with Gasteiger partial charge in [-0.1, -0.05) is 42.5 Å². The Labute approximate surface area is 182 Å². The number of nitrogens with zero attached hydrogens (tertiary/aromatic N) is 2. The third-order valence-electron chi connectivity index (χ3n) is 4.56. The van der Waals surface area contributed by atoms with Crippen molar-refractivity contribution in [2.75, 3.05) is 0 Å². The third kappa shape index (κ3) is 4.18. The molecule has 2 heterocycles. The van der Waals surface area contributed by atoms with Crippen LogP contribution in [0.3, 0.4) is 0 Å². The maximum absolute atomic E-state index is 12.5. The van der Waals surface area contributed by atoms with E-state index in [1.165, 1.54) is 18.0 Å². The summed E-state index contributed by atoms with van der Waals surface area (Å²) in [5, 5.41) is 6.96. The Hall–Kier alpha value is -3.56. The van der Waals surface area contributed by atoms with Gasteiger partial charge in [-0.05, 0) is 58.9 Å². The number of nitrogens with one attached hydrogen (secondary N) is 2. The summed E-state index contributed by atoms with van der Waals surface area (Å²) in [6, 6.07) is 23.7. The van der Waals surface area contributed by atoms with E-state index in [0.717, 1.165) is 21.8 Å². The van der Waals surface area contributed by atoms with Crippen molar-refractivity contribution in [1.29, 1.82) is 0 Å². The molecule has 5 rings (SSSR count). The Kier molecular flexibility index (Phi) is 4.97. The van der Waals surface area contributed by atoms with Gasteiger partial charge < -0.3 is 9.40 Å². The fraction of sp³-hybridized carbons (Fsp3) is 0. The lowest BCUT2D eigenvalue weighted by Gasteiger charge is -2.04. The van der Waals surface area contributed by atoms with Crippen molar-refractivity contribution < 1.29 is 12.8 Å². The number of fused-ring (bicyclic) bond motifs is 2. The van der Waals surface area contributed by atoms with Crippen LogP contribution in [0.4, 0.5) is 0 Å². The molecular weight excluding hydrogens is 432 g/mol. The highest BCUT2D eigenvalue weighted by molar-refractivity contribution is 7.99. The number of imidazole rings is 1. The second-order valence-corrected chi connectivity index (χ2v) is 9.33. The predicted molar refractivity (Wildman–Crippen MR) is 121 cm³/mol. The first kappa shape index (κ1) is 19.4. The van der Waals surface area contributed by atoms with Crippen molar-refractivity contribution in [2.45, 2.75) is 15.1 Å². The number of aromatic nitrogens is 2. The Morgan fingerprint density at radius 3 is 2.65 bits per heavy atom. The number of hydrazone groups is 1. The highest BCUT2D eigenvalue weighted by Crippen LogP contribution is 2.28. The van der Waals surface area contributed by atoms with E-state index < -0.39 is 10.0 Å². The second kappa shape index (κ2) is 7.93. The minimum Gasteiger partial charge on any atom is -0.448 e. The Morgan fingerprint density at radius 1 is 0.968 bits per heavy atom. The van der Waals surface area contributed by atoms with Gasteiger partial charge >= 0.3 is 0 Å². The van der Waals surface area contributed by atoms with Crippen LogP contribution >= 0.6 is 11.8 Å². The second-order valence-electron chi connectivity index (χ2n) is 6.68. The molecule has 0 atom stereocenters. The molecule has 0 spiro atoms. The molecule has 0 saturated carbocycles. The summed E-state index contributed by atoms with van der Waals surface area (Å²) < 4.78 is 30.7. The number of hydrogen-bond acceptors (Lipinski definition) is 6. The molecule has 0 radical (unpaired) electrons. The molecule has 0 aliphatic heterocycles. The molecule has 5 aromatic rings. The Balaban J connectivity index is 1.27. The fourth-order valence-corrected chi connectivity index (χ4v) is 4.67. The zero-order valence-electron chi connectivity index (χ0n) is 16.0. The summed E-state index contributed by atoms with van der Waals surface area (Å²) in [5.41, 5.74) is 1.82. The fourth-order valence-electron chi connectivity index (χ4n) is 3.08. The van der Waals surface area contributed by atoms with Gasteiger partial charge in [0.05, 0.1) is 22.1 Å². The van der Waals surface area contributed by atoms with E-state index in [1.807, 2.05) is 48.5 Å². The molecular formula is C22H16N4O3S2. The Morgan fingerprint density at radius 2 is 1.77 bits per heavy atom.